The van der Waals surface area contributed by atoms with Gasteiger partial charge in [-0.3, -0.25) is 19.8 Å². The second-order valence-corrected chi connectivity index (χ2v) is 7.32. The van der Waals surface area contributed by atoms with Crippen LogP contribution in [0.15, 0.2) is 66.2 Å². The molecule has 2 amide bonds. The van der Waals surface area contributed by atoms with Gasteiger partial charge < -0.3 is 4.57 Å². The van der Waals surface area contributed by atoms with Gasteiger partial charge in [0.1, 0.15) is 11.4 Å². The molecule has 1 aliphatic heterocycles. The molecular formula is C23H18FN3O2S. The van der Waals surface area contributed by atoms with Gasteiger partial charge in [-0.05, 0) is 80.2 Å². The Morgan fingerprint density at radius 2 is 1.63 bits per heavy atom. The molecule has 2 heterocycles. The summed E-state index contributed by atoms with van der Waals surface area (Å²) in [6, 6.07) is 17.1. The third-order valence-corrected chi connectivity index (χ3v) is 5.26. The van der Waals surface area contributed by atoms with Crippen LogP contribution in [0.2, 0.25) is 0 Å². The molecule has 1 aromatic heterocycles. The minimum Gasteiger partial charge on any atom is -0.318 e. The molecule has 30 heavy (non-hydrogen) atoms. The molecule has 0 bridgehead atoms. The number of amides is 2. The van der Waals surface area contributed by atoms with Crippen LogP contribution in [0.5, 0.6) is 0 Å². The molecular weight excluding hydrogens is 401 g/mol. The van der Waals surface area contributed by atoms with Gasteiger partial charge in [-0.1, -0.05) is 18.2 Å². The molecule has 4 rings (SSSR count). The number of benzene rings is 2. The molecule has 0 spiro atoms. The number of nitrogens with zero attached hydrogens (tertiary/aromatic N) is 2. The third-order valence-electron chi connectivity index (χ3n) is 4.97. The molecule has 2 aromatic carbocycles. The first-order valence-electron chi connectivity index (χ1n) is 9.28. The van der Waals surface area contributed by atoms with E-state index >= 15 is 0 Å². The molecule has 0 atom stereocenters. The zero-order chi connectivity index (χ0) is 21.4. The molecule has 0 saturated carbocycles. The van der Waals surface area contributed by atoms with Crippen molar-refractivity contribution in [2.45, 2.75) is 13.8 Å². The van der Waals surface area contributed by atoms with Crippen molar-refractivity contribution in [2.24, 2.45) is 0 Å². The molecule has 0 unspecified atom stereocenters. The average molecular weight is 419 g/mol. The SMILES string of the molecule is Cc1cc(C=C2C(=O)NC(=S)N(c3ccc(F)cc3)C2=O)c(C)n1-c1ccccc1. The minimum absolute atomic E-state index is 0.0384. The van der Waals surface area contributed by atoms with Crippen molar-refractivity contribution in [1.29, 1.82) is 0 Å². The van der Waals surface area contributed by atoms with Crippen LogP contribution in [0.25, 0.3) is 11.8 Å². The van der Waals surface area contributed by atoms with Crippen LogP contribution in [-0.2, 0) is 9.59 Å². The summed E-state index contributed by atoms with van der Waals surface area (Å²) in [6.45, 7) is 3.89. The number of halogens is 1. The summed E-state index contributed by atoms with van der Waals surface area (Å²) in [5.74, 6) is -1.55. The number of thiocarbonyl (C=S) groups is 1. The fraction of sp³-hybridized carbons (Fsp3) is 0.0870. The second-order valence-electron chi connectivity index (χ2n) is 6.93. The molecule has 1 N–H and O–H groups in total. The highest BCUT2D eigenvalue weighted by Crippen LogP contribution is 2.26. The van der Waals surface area contributed by atoms with Crippen molar-refractivity contribution < 1.29 is 14.0 Å². The zero-order valence-electron chi connectivity index (χ0n) is 16.3. The van der Waals surface area contributed by atoms with E-state index in [0.717, 1.165) is 22.6 Å². The third kappa shape index (κ3) is 3.44. The van der Waals surface area contributed by atoms with E-state index in [1.807, 2.05) is 50.2 Å². The molecule has 1 saturated heterocycles. The van der Waals surface area contributed by atoms with Crippen LogP contribution in [-0.4, -0.2) is 21.5 Å². The topological polar surface area (TPSA) is 54.3 Å². The van der Waals surface area contributed by atoms with Crippen LogP contribution >= 0.6 is 12.2 Å². The number of carbonyl (C=O) groups excluding carboxylic acids is 2. The highest BCUT2D eigenvalue weighted by molar-refractivity contribution is 7.80. The number of hydrogen-bond acceptors (Lipinski definition) is 3. The lowest BCUT2D eigenvalue weighted by molar-refractivity contribution is -0.122. The number of carbonyl (C=O) groups is 2. The molecule has 1 aliphatic rings. The highest BCUT2D eigenvalue weighted by atomic mass is 32.1. The Bertz CT molecular complexity index is 1200. The lowest BCUT2D eigenvalue weighted by atomic mass is 10.1. The van der Waals surface area contributed by atoms with E-state index in [1.54, 1.807) is 6.08 Å². The van der Waals surface area contributed by atoms with Gasteiger partial charge in [0, 0.05) is 17.1 Å². The Morgan fingerprint density at radius 1 is 0.967 bits per heavy atom. The van der Waals surface area contributed by atoms with E-state index in [9.17, 15) is 14.0 Å². The van der Waals surface area contributed by atoms with Crippen LogP contribution < -0.4 is 10.2 Å². The van der Waals surface area contributed by atoms with Crippen LogP contribution in [0.3, 0.4) is 0 Å². The van der Waals surface area contributed by atoms with E-state index in [2.05, 4.69) is 9.88 Å². The Labute approximate surface area is 178 Å². The maximum Gasteiger partial charge on any atom is 0.270 e. The number of nitrogens with one attached hydrogen (secondary N) is 1. The monoisotopic (exact) mass is 419 g/mol. The summed E-state index contributed by atoms with van der Waals surface area (Å²) >= 11 is 5.18. The van der Waals surface area contributed by atoms with Gasteiger partial charge in [-0.2, -0.15) is 0 Å². The number of para-hydroxylation sites is 1. The fourth-order valence-corrected chi connectivity index (χ4v) is 3.83. The number of rotatable bonds is 3. The van der Waals surface area contributed by atoms with Gasteiger partial charge in [0.2, 0.25) is 0 Å². The number of hydrogen-bond donors (Lipinski definition) is 1. The van der Waals surface area contributed by atoms with Crippen molar-refractivity contribution in [1.82, 2.24) is 9.88 Å². The smallest absolute Gasteiger partial charge is 0.270 e. The Hall–Kier alpha value is -3.58. The maximum atomic E-state index is 13.3. The lowest BCUT2D eigenvalue weighted by Crippen LogP contribution is -2.54. The number of anilines is 1. The van der Waals surface area contributed by atoms with Crippen molar-refractivity contribution in [2.75, 3.05) is 4.90 Å². The van der Waals surface area contributed by atoms with Crippen molar-refractivity contribution in [3.8, 4) is 5.69 Å². The highest BCUT2D eigenvalue weighted by Gasteiger charge is 2.34. The largest absolute Gasteiger partial charge is 0.318 e. The fourth-order valence-electron chi connectivity index (χ4n) is 3.55. The predicted molar refractivity (Wildman–Crippen MR) is 118 cm³/mol. The van der Waals surface area contributed by atoms with Gasteiger partial charge in [0.25, 0.3) is 11.8 Å². The molecule has 3 aromatic rings. The first-order valence-corrected chi connectivity index (χ1v) is 9.69. The molecule has 1 fully saturated rings. The van der Waals surface area contributed by atoms with Gasteiger partial charge in [-0.25, -0.2) is 4.39 Å². The number of aromatic nitrogens is 1. The normalized spacial score (nSPS) is 15.6. The summed E-state index contributed by atoms with van der Waals surface area (Å²) in [6.07, 6.45) is 1.57. The van der Waals surface area contributed by atoms with E-state index in [1.165, 1.54) is 29.2 Å². The van der Waals surface area contributed by atoms with Gasteiger partial charge in [-0.15, -0.1) is 0 Å². The van der Waals surface area contributed by atoms with Gasteiger partial charge >= 0.3 is 0 Å². The first kappa shape index (κ1) is 19.7. The lowest BCUT2D eigenvalue weighted by Gasteiger charge is -2.28. The van der Waals surface area contributed by atoms with E-state index in [0.29, 0.717) is 5.69 Å². The summed E-state index contributed by atoms with van der Waals surface area (Å²) < 4.78 is 15.3. The molecule has 150 valence electrons. The molecule has 0 aliphatic carbocycles. The standard InChI is InChI=1S/C23H18FN3O2S/c1-14-12-16(15(2)26(14)18-6-4-3-5-7-18)13-20-21(28)25-23(30)27(22(20)29)19-10-8-17(24)9-11-19/h3-13H,1-2H3,(H,25,28,30). The zero-order valence-corrected chi connectivity index (χ0v) is 17.2. The summed E-state index contributed by atoms with van der Waals surface area (Å²) in [5, 5.41) is 2.51. The first-order chi connectivity index (χ1) is 14.4. The summed E-state index contributed by atoms with van der Waals surface area (Å²) in [7, 11) is 0. The second kappa shape index (κ2) is 7.68. The molecule has 5 nitrogen and oxygen atoms in total. The molecule has 0 radical (unpaired) electrons. The van der Waals surface area contributed by atoms with E-state index in [-0.39, 0.29) is 10.7 Å². The van der Waals surface area contributed by atoms with Crippen LogP contribution in [0, 0.1) is 19.7 Å². The van der Waals surface area contributed by atoms with E-state index in [4.69, 9.17) is 12.2 Å². The maximum absolute atomic E-state index is 13.3. The van der Waals surface area contributed by atoms with Gasteiger partial charge in [0.05, 0.1) is 5.69 Å². The summed E-state index contributed by atoms with van der Waals surface area (Å²) in [4.78, 5) is 26.9. The quantitative estimate of drug-likeness (QED) is 0.396. The van der Waals surface area contributed by atoms with E-state index < -0.39 is 17.6 Å². The van der Waals surface area contributed by atoms with Gasteiger partial charge in [0.15, 0.2) is 5.11 Å². The Balaban J connectivity index is 1.76. The van der Waals surface area contributed by atoms with Crippen LogP contribution in [0.1, 0.15) is 17.0 Å². The van der Waals surface area contributed by atoms with Crippen LogP contribution in [0.4, 0.5) is 10.1 Å². The number of aryl methyl sites for hydroxylation is 1. The van der Waals surface area contributed by atoms with Crippen molar-refractivity contribution in [3.05, 3.63) is 89.0 Å². The Kier molecular flexibility index (Phi) is 5.05. The summed E-state index contributed by atoms with van der Waals surface area (Å²) in [5.41, 5.74) is 3.95. The average Bonchev–Trinajstić information content (AvgIpc) is 3.00. The van der Waals surface area contributed by atoms with Crippen molar-refractivity contribution >= 4 is 40.9 Å². The molecule has 7 heteroatoms. The minimum atomic E-state index is -0.562. The Morgan fingerprint density at radius 3 is 2.30 bits per heavy atom. The predicted octanol–water partition coefficient (Wildman–Crippen LogP) is 4.06. The van der Waals surface area contributed by atoms with Crippen molar-refractivity contribution in [3.63, 3.8) is 0 Å².